The minimum Gasteiger partial charge on any atom is -0.469 e. The van der Waals surface area contributed by atoms with Gasteiger partial charge in [-0.1, -0.05) is 6.92 Å². The number of halogens is 2. The molecule has 0 aliphatic carbocycles. The van der Waals surface area contributed by atoms with Gasteiger partial charge in [0.15, 0.2) is 0 Å². The van der Waals surface area contributed by atoms with Crippen LogP contribution in [-0.2, 0) is 9.53 Å². The van der Waals surface area contributed by atoms with Crippen LogP contribution in [0, 0.1) is 0 Å². The van der Waals surface area contributed by atoms with Crippen molar-refractivity contribution in [3.63, 3.8) is 0 Å². The maximum absolute atomic E-state index is 11.1. The molecule has 0 aromatic rings. The van der Waals surface area contributed by atoms with Crippen molar-refractivity contribution >= 4 is 35.5 Å². The molecule has 11 heavy (non-hydrogen) atoms. The first-order valence-electron chi connectivity index (χ1n) is 3.26. The molecule has 0 spiro atoms. The summed E-state index contributed by atoms with van der Waals surface area (Å²) in [6.45, 7) is 3.60. The first kappa shape index (κ1) is 11.3. The fraction of sp³-hybridized carbons (Fsp3) is 0.833. The third kappa shape index (κ3) is 2.35. The summed E-state index contributed by atoms with van der Waals surface area (Å²) in [6, 6.07) is 0. The molecule has 2 nitrogen and oxygen atoms in total. The molecular weight excluding hydrogens is 203 g/mol. The van der Waals surface area contributed by atoms with Crippen molar-refractivity contribution in [1.29, 1.82) is 0 Å². The summed E-state index contributed by atoms with van der Waals surface area (Å²) in [5.74, 6) is -0.320. The largest absolute Gasteiger partial charge is 0.469 e. The third-order valence-corrected chi connectivity index (χ3v) is 5.65. The zero-order chi connectivity index (χ0) is 9.07. The molecule has 0 heterocycles. The van der Waals surface area contributed by atoms with E-state index >= 15 is 0 Å². The molecular formula is C6H11Cl2O2Si. The molecule has 0 saturated heterocycles. The number of rotatable bonds is 3. The Morgan fingerprint density at radius 3 is 2.18 bits per heavy atom. The highest BCUT2D eigenvalue weighted by molar-refractivity contribution is 7.35. The van der Waals surface area contributed by atoms with E-state index in [1.165, 1.54) is 7.11 Å². The fourth-order valence-electron chi connectivity index (χ4n) is 0.580. The lowest BCUT2D eigenvalue weighted by atomic mass is 10.1. The van der Waals surface area contributed by atoms with Crippen LogP contribution in [0.4, 0.5) is 0 Å². The number of carbonyl (C=O) groups is 1. The summed E-state index contributed by atoms with van der Waals surface area (Å²) in [6.07, 6.45) is 0.612. The van der Waals surface area contributed by atoms with E-state index in [0.717, 1.165) is 0 Å². The molecule has 65 valence electrons. The van der Waals surface area contributed by atoms with Crippen LogP contribution in [-0.4, -0.2) is 20.5 Å². The molecule has 0 fully saturated rings. The molecule has 0 aliphatic heterocycles. The van der Waals surface area contributed by atoms with Crippen LogP contribution in [0.3, 0.4) is 0 Å². The number of carbonyl (C=O) groups excluding carboxylic acids is 1. The Balaban J connectivity index is 4.45. The highest BCUT2D eigenvalue weighted by Gasteiger charge is 2.41. The molecule has 0 N–H and O–H groups in total. The van der Waals surface area contributed by atoms with Gasteiger partial charge in [0.25, 0.3) is 7.42 Å². The predicted octanol–water partition coefficient (Wildman–Crippen LogP) is 2.30. The van der Waals surface area contributed by atoms with Gasteiger partial charge in [-0.15, -0.1) is 22.2 Å². The van der Waals surface area contributed by atoms with Gasteiger partial charge in [0.2, 0.25) is 0 Å². The molecule has 0 rings (SSSR count). The molecule has 0 aromatic heterocycles. The average molecular weight is 214 g/mol. The van der Waals surface area contributed by atoms with Crippen LogP contribution in [0.2, 0.25) is 5.04 Å². The molecule has 0 bridgehead atoms. The summed E-state index contributed by atoms with van der Waals surface area (Å²) in [4.78, 5) is 11.1. The zero-order valence-corrected chi connectivity index (χ0v) is 9.29. The van der Waals surface area contributed by atoms with E-state index in [-0.39, 0.29) is 5.97 Å². The molecule has 0 aromatic carbocycles. The quantitative estimate of drug-likeness (QED) is 0.409. The zero-order valence-electron chi connectivity index (χ0n) is 6.78. The van der Waals surface area contributed by atoms with Crippen LogP contribution in [0.15, 0.2) is 0 Å². The first-order valence-corrected chi connectivity index (χ1v) is 6.78. The predicted molar refractivity (Wildman–Crippen MR) is 48.1 cm³/mol. The van der Waals surface area contributed by atoms with Crippen molar-refractivity contribution in [1.82, 2.24) is 0 Å². The van der Waals surface area contributed by atoms with Crippen LogP contribution in [0.25, 0.3) is 0 Å². The number of methoxy groups -OCH3 is 1. The van der Waals surface area contributed by atoms with Gasteiger partial charge in [0, 0.05) is 0 Å². The van der Waals surface area contributed by atoms with Gasteiger partial charge in [-0.3, -0.25) is 4.79 Å². The van der Waals surface area contributed by atoms with Gasteiger partial charge in [0.05, 0.1) is 12.1 Å². The fourth-order valence-corrected chi connectivity index (χ4v) is 2.37. The van der Waals surface area contributed by atoms with Gasteiger partial charge >= 0.3 is 5.97 Å². The van der Waals surface area contributed by atoms with Gasteiger partial charge in [-0.2, -0.15) is 0 Å². The van der Waals surface area contributed by atoms with Crippen molar-refractivity contribution in [2.45, 2.75) is 25.3 Å². The van der Waals surface area contributed by atoms with Crippen molar-refractivity contribution < 1.29 is 9.53 Å². The number of hydrogen-bond donors (Lipinski definition) is 0. The number of hydrogen-bond acceptors (Lipinski definition) is 2. The van der Waals surface area contributed by atoms with E-state index in [2.05, 4.69) is 4.74 Å². The van der Waals surface area contributed by atoms with Gasteiger partial charge in [-0.05, 0) is 13.3 Å². The number of esters is 1. The minimum atomic E-state index is -1.66. The Morgan fingerprint density at radius 1 is 1.64 bits per heavy atom. The summed E-state index contributed by atoms with van der Waals surface area (Å²) in [5, 5.41) is -0.678. The van der Waals surface area contributed by atoms with E-state index in [4.69, 9.17) is 22.2 Å². The van der Waals surface area contributed by atoms with Gasteiger partial charge in [0.1, 0.15) is 0 Å². The van der Waals surface area contributed by atoms with E-state index < -0.39 is 12.5 Å². The van der Waals surface area contributed by atoms with Gasteiger partial charge < -0.3 is 4.74 Å². The lowest BCUT2D eigenvalue weighted by Gasteiger charge is -2.23. The minimum absolute atomic E-state index is 0.320. The van der Waals surface area contributed by atoms with Gasteiger partial charge in [-0.25, -0.2) is 0 Å². The highest BCUT2D eigenvalue weighted by atomic mass is 35.7. The van der Waals surface area contributed by atoms with Crippen molar-refractivity contribution in [3.8, 4) is 0 Å². The Kier molecular flexibility index (Phi) is 4.44. The van der Waals surface area contributed by atoms with E-state index in [1.807, 2.05) is 6.92 Å². The normalized spacial score (nSPS) is 16.2. The smallest absolute Gasteiger partial charge is 0.311 e. The van der Waals surface area contributed by atoms with Crippen LogP contribution in [0.5, 0.6) is 0 Å². The molecule has 0 amide bonds. The monoisotopic (exact) mass is 213 g/mol. The second kappa shape index (κ2) is 4.33. The van der Waals surface area contributed by atoms with Crippen molar-refractivity contribution in [2.75, 3.05) is 7.11 Å². The Labute approximate surface area is 77.8 Å². The summed E-state index contributed by atoms with van der Waals surface area (Å²) >= 11 is 11.5. The Morgan fingerprint density at radius 2 is 2.09 bits per heavy atom. The van der Waals surface area contributed by atoms with E-state index in [9.17, 15) is 4.79 Å². The molecule has 0 aliphatic rings. The second-order valence-corrected chi connectivity index (χ2v) is 6.91. The molecule has 1 atom stereocenters. The second-order valence-electron chi connectivity index (χ2n) is 2.44. The number of ether oxygens (including phenoxy) is 1. The highest BCUT2D eigenvalue weighted by Crippen LogP contribution is 2.38. The Hall–Kier alpha value is 0.267. The first-order chi connectivity index (χ1) is 4.99. The lowest BCUT2D eigenvalue weighted by Crippen LogP contribution is -2.30. The average Bonchev–Trinajstić information content (AvgIpc) is 2.01. The summed E-state index contributed by atoms with van der Waals surface area (Å²) in [5.41, 5.74) is 0. The van der Waals surface area contributed by atoms with Crippen LogP contribution in [0.1, 0.15) is 20.3 Å². The summed E-state index contributed by atoms with van der Waals surface area (Å²) in [7, 11) is -0.322. The summed E-state index contributed by atoms with van der Waals surface area (Å²) < 4.78 is 4.59. The van der Waals surface area contributed by atoms with Crippen molar-refractivity contribution in [3.05, 3.63) is 0 Å². The maximum atomic E-state index is 11.1. The van der Waals surface area contributed by atoms with Crippen molar-refractivity contribution in [2.24, 2.45) is 0 Å². The Bertz CT molecular complexity index is 152. The topological polar surface area (TPSA) is 26.3 Å². The SMILES string of the molecule is CCC(C)(C(=O)OC)[Si](Cl)Cl. The third-order valence-electron chi connectivity index (χ3n) is 1.76. The van der Waals surface area contributed by atoms with Crippen LogP contribution >= 0.6 is 22.2 Å². The standard InChI is InChI=1S/C6H11Cl2O2Si/c1-4-6(2,11(7)8)5(9)10-3/h4H2,1-3H3. The molecule has 0 saturated carbocycles. The van der Waals surface area contributed by atoms with Crippen LogP contribution < -0.4 is 0 Å². The van der Waals surface area contributed by atoms with E-state index in [1.54, 1.807) is 6.92 Å². The lowest BCUT2D eigenvalue weighted by molar-refractivity contribution is -0.143. The van der Waals surface area contributed by atoms with E-state index in [0.29, 0.717) is 6.42 Å². The molecule has 5 heteroatoms. The maximum Gasteiger partial charge on any atom is 0.311 e. The molecule has 1 radical (unpaired) electrons. The molecule has 1 unspecified atom stereocenters.